The van der Waals surface area contributed by atoms with Gasteiger partial charge in [-0.05, 0) is 49.4 Å². The van der Waals surface area contributed by atoms with E-state index in [1.165, 1.54) is 11.3 Å². The minimum atomic E-state index is -0.951. The number of ether oxygens (including phenoxy) is 1. The van der Waals surface area contributed by atoms with Crippen molar-refractivity contribution in [2.45, 2.75) is 6.92 Å². The van der Waals surface area contributed by atoms with Crippen molar-refractivity contribution in [3.8, 4) is 17.0 Å². The number of carboxylic acids is 1. The largest absolute Gasteiger partial charge is 0.494 e. The van der Waals surface area contributed by atoms with Crippen LogP contribution in [0.5, 0.6) is 5.75 Å². The van der Waals surface area contributed by atoms with Crippen molar-refractivity contribution >= 4 is 28.1 Å². The topological polar surface area (TPSA) is 71.5 Å². The minimum Gasteiger partial charge on any atom is -0.494 e. The van der Waals surface area contributed by atoms with Gasteiger partial charge in [-0.2, -0.15) is 0 Å². The lowest BCUT2D eigenvalue weighted by Gasteiger charge is -2.04. The highest BCUT2D eigenvalue weighted by Crippen LogP contribution is 2.28. The van der Waals surface area contributed by atoms with E-state index < -0.39 is 5.97 Å². The highest BCUT2D eigenvalue weighted by atomic mass is 32.1. The first-order valence-corrected chi connectivity index (χ1v) is 8.33. The molecule has 2 N–H and O–H groups in total. The molecule has 0 bridgehead atoms. The first-order chi connectivity index (χ1) is 11.7. The van der Waals surface area contributed by atoms with Gasteiger partial charge in [0.2, 0.25) is 0 Å². The van der Waals surface area contributed by atoms with Crippen molar-refractivity contribution in [1.29, 1.82) is 0 Å². The molecule has 0 fully saturated rings. The smallest absolute Gasteiger partial charge is 0.335 e. The standard InChI is InChI=1S/C18H16N2O3S/c1-2-23-15-8-6-12(7-9-15)16-11-24-18(20-16)19-14-5-3-4-13(10-14)17(21)22/h3-11H,2H2,1H3,(H,19,20)(H,21,22). The molecule has 0 aliphatic carbocycles. The van der Waals surface area contributed by atoms with E-state index in [-0.39, 0.29) is 5.56 Å². The van der Waals surface area contributed by atoms with Gasteiger partial charge in [0.05, 0.1) is 17.9 Å². The number of anilines is 2. The maximum Gasteiger partial charge on any atom is 0.335 e. The lowest BCUT2D eigenvalue weighted by molar-refractivity contribution is 0.0697. The maximum absolute atomic E-state index is 11.0. The van der Waals surface area contributed by atoms with Crippen molar-refractivity contribution in [2.75, 3.05) is 11.9 Å². The quantitative estimate of drug-likeness (QED) is 0.683. The predicted octanol–water partition coefficient (Wildman–Crippen LogP) is 4.65. The van der Waals surface area contributed by atoms with Gasteiger partial charge in [-0.25, -0.2) is 9.78 Å². The van der Waals surface area contributed by atoms with Crippen molar-refractivity contribution < 1.29 is 14.6 Å². The Morgan fingerprint density at radius 3 is 2.75 bits per heavy atom. The molecule has 0 atom stereocenters. The van der Waals surface area contributed by atoms with E-state index in [0.29, 0.717) is 17.4 Å². The number of nitrogens with zero attached hydrogens (tertiary/aromatic N) is 1. The molecule has 24 heavy (non-hydrogen) atoms. The summed E-state index contributed by atoms with van der Waals surface area (Å²) < 4.78 is 5.43. The molecular formula is C18H16N2O3S. The summed E-state index contributed by atoms with van der Waals surface area (Å²) in [5.41, 5.74) is 2.80. The van der Waals surface area contributed by atoms with Gasteiger partial charge < -0.3 is 15.2 Å². The van der Waals surface area contributed by atoms with Crippen LogP contribution in [0.4, 0.5) is 10.8 Å². The van der Waals surface area contributed by atoms with Crippen molar-refractivity contribution in [1.82, 2.24) is 4.98 Å². The Morgan fingerprint density at radius 1 is 1.25 bits per heavy atom. The molecule has 1 heterocycles. The van der Waals surface area contributed by atoms with E-state index in [0.717, 1.165) is 17.0 Å². The van der Waals surface area contributed by atoms with Gasteiger partial charge in [0.25, 0.3) is 0 Å². The molecule has 5 nitrogen and oxygen atoms in total. The molecule has 0 saturated heterocycles. The minimum absolute atomic E-state index is 0.239. The van der Waals surface area contributed by atoms with Crippen LogP contribution in [-0.4, -0.2) is 22.7 Å². The number of nitrogens with one attached hydrogen (secondary N) is 1. The summed E-state index contributed by atoms with van der Waals surface area (Å²) in [6.45, 7) is 2.59. The van der Waals surface area contributed by atoms with E-state index in [2.05, 4.69) is 10.3 Å². The molecule has 122 valence electrons. The van der Waals surface area contributed by atoms with Gasteiger partial charge in [0, 0.05) is 16.6 Å². The maximum atomic E-state index is 11.0. The number of rotatable bonds is 6. The molecule has 0 aliphatic rings. The monoisotopic (exact) mass is 340 g/mol. The SMILES string of the molecule is CCOc1ccc(-c2csc(Nc3cccc(C(=O)O)c3)n2)cc1. The van der Waals surface area contributed by atoms with Crippen LogP contribution in [0, 0.1) is 0 Å². The average molecular weight is 340 g/mol. The Balaban J connectivity index is 1.75. The second-order valence-electron chi connectivity index (χ2n) is 5.01. The summed E-state index contributed by atoms with van der Waals surface area (Å²) in [5.74, 6) is -0.117. The van der Waals surface area contributed by atoms with Crippen LogP contribution in [0.2, 0.25) is 0 Å². The first-order valence-electron chi connectivity index (χ1n) is 7.45. The fraction of sp³-hybridized carbons (Fsp3) is 0.111. The lowest BCUT2D eigenvalue weighted by atomic mass is 10.2. The molecule has 0 spiro atoms. The van der Waals surface area contributed by atoms with Gasteiger partial charge in [0.15, 0.2) is 5.13 Å². The van der Waals surface area contributed by atoms with Crippen LogP contribution in [0.25, 0.3) is 11.3 Å². The highest BCUT2D eigenvalue weighted by molar-refractivity contribution is 7.14. The number of thiazole rings is 1. The van der Waals surface area contributed by atoms with Crippen molar-refractivity contribution in [2.24, 2.45) is 0 Å². The Kier molecular flexibility index (Phi) is 4.77. The first kappa shape index (κ1) is 16.0. The van der Waals surface area contributed by atoms with E-state index in [1.807, 2.05) is 42.6 Å². The third-order valence-electron chi connectivity index (χ3n) is 3.33. The van der Waals surface area contributed by atoms with E-state index in [1.54, 1.807) is 18.2 Å². The number of benzene rings is 2. The molecule has 0 amide bonds. The van der Waals surface area contributed by atoms with Crippen molar-refractivity contribution in [3.63, 3.8) is 0 Å². The van der Waals surface area contributed by atoms with Gasteiger partial charge in [-0.3, -0.25) is 0 Å². The normalized spacial score (nSPS) is 10.4. The zero-order valence-corrected chi connectivity index (χ0v) is 13.8. The van der Waals surface area contributed by atoms with Gasteiger partial charge >= 0.3 is 5.97 Å². The zero-order chi connectivity index (χ0) is 16.9. The summed E-state index contributed by atoms with van der Waals surface area (Å²) >= 11 is 1.47. The van der Waals surface area contributed by atoms with E-state index >= 15 is 0 Å². The van der Waals surface area contributed by atoms with Crippen LogP contribution in [0.3, 0.4) is 0 Å². The summed E-state index contributed by atoms with van der Waals surface area (Å²) in [6, 6.07) is 14.4. The molecular weight excluding hydrogens is 324 g/mol. The molecule has 3 aromatic rings. The van der Waals surface area contributed by atoms with Crippen molar-refractivity contribution in [3.05, 3.63) is 59.5 Å². The fourth-order valence-corrected chi connectivity index (χ4v) is 2.95. The second kappa shape index (κ2) is 7.14. The third kappa shape index (κ3) is 3.72. The molecule has 3 rings (SSSR count). The summed E-state index contributed by atoms with van der Waals surface area (Å²) in [7, 11) is 0. The molecule has 0 unspecified atom stereocenters. The van der Waals surface area contributed by atoms with Crippen LogP contribution in [0.1, 0.15) is 17.3 Å². The summed E-state index contributed by atoms with van der Waals surface area (Å²) in [5, 5.41) is 14.8. The Hall–Kier alpha value is -2.86. The Morgan fingerprint density at radius 2 is 2.04 bits per heavy atom. The van der Waals surface area contributed by atoms with Gasteiger partial charge in [-0.1, -0.05) is 6.07 Å². The van der Waals surface area contributed by atoms with Gasteiger partial charge in [0.1, 0.15) is 5.75 Å². The Labute approximate surface area is 143 Å². The Bertz CT molecular complexity index is 843. The number of hydrogen-bond acceptors (Lipinski definition) is 5. The highest BCUT2D eigenvalue weighted by Gasteiger charge is 2.07. The number of hydrogen-bond donors (Lipinski definition) is 2. The van der Waals surface area contributed by atoms with Crippen LogP contribution < -0.4 is 10.1 Å². The number of aromatic nitrogens is 1. The molecule has 0 radical (unpaired) electrons. The van der Waals surface area contributed by atoms with Gasteiger partial charge in [-0.15, -0.1) is 11.3 Å². The fourth-order valence-electron chi connectivity index (χ4n) is 2.21. The predicted molar refractivity (Wildman–Crippen MR) is 95.4 cm³/mol. The summed E-state index contributed by atoms with van der Waals surface area (Å²) in [6.07, 6.45) is 0. The molecule has 2 aromatic carbocycles. The zero-order valence-electron chi connectivity index (χ0n) is 13.0. The van der Waals surface area contributed by atoms with Crippen LogP contribution in [0.15, 0.2) is 53.9 Å². The number of carboxylic acid groups (broad SMARTS) is 1. The van der Waals surface area contributed by atoms with Crippen LogP contribution in [-0.2, 0) is 0 Å². The second-order valence-corrected chi connectivity index (χ2v) is 5.86. The third-order valence-corrected chi connectivity index (χ3v) is 4.08. The van der Waals surface area contributed by atoms with E-state index in [4.69, 9.17) is 9.84 Å². The van der Waals surface area contributed by atoms with E-state index in [9.17, 15) is 4.79 Å². The average Bonchev–Trinajstić information content (AvgIpc) is 3.04. The van der Waals surface area contributed by atoms with Crippen LogP contribution >= 0.6 is 11.3 Å². The number of carbonyl (C=O) groups is 1. The summed E-state index contributed by atoms with van der Waals surface area (Å²) in [4.78, 5) is 15.6. The molecule has 0 aliphatic heterocycles. The number of aromatic carboxylic acids is 1. The molecule has 6 heteroatoms. The lowest BCUT2D eigenvalue weighted by Crippen LogP contribution is -1.97. The molecule has 0 saturated carbocycles. The molecule has 1 aromatic heterocycles.